The molecule has 0 fully saturated rings. The van der Waals surface area contributed by atoms with Crippen molar-refractivity contribution in [2.24, 2.45) is 29.1 Å². The molecule has 0 amide bonds. The van der Waals surface area contributed by atoms with Gasteiger partial charge in [-0.15, -0.1) is 0 Å². The van der Waals surface area contributed by atoms with Gasteiger partial charge in [0.05, 0.1) is 0 Å². The van der Waals surface area contributed by atoms with Crippen LogP contribution in [0.15, 0.2) is 11.6 Å². The van der Waals surface area contributed by atoms with E-state index in [-0.39, 0.29) is 17.8 Å². The minimum atomic E-state index is -0.666. The molecule has 0 aliphatic heterocycles. The Morgan fingerprint density at radius 1 is 1.44 bits per heavy atom. The van der Waals surface area contributed by atoms with E-state index in [1.807, 2.05) is 0 Å². The second kappa shape index (κ2) is 5.46. The summed E-state index contributed by atoms with van der Waals surface area (Å²) in [7, 11) is 0. The first-order valence-corrected chi connectivity index (χ1v) is 7.02. The van der Waals surface area contributed by atoms with E-state index >= 15 is 0 Å². The zero-order valence-corrected chi connectivity index (χ0v) is 12.7. The SMILES string of the molecule is CC1=CC(C)C(C(CC(=O)O)C(C)(C)C)C(C)C1. The summed E-state index contributed by atoms with van der Waals surface area (Å²) in [6.07, 6.45) is 3.74. The first-order valence-electron chi connectivity index (χ1n) is 7.02. The number of hydrogen-bond acceptors (Lipinski definition) is 1. The smallest absolute Gasteiger partial charge is 0.303 e. The molecule has 1 N–H and O–H groups in total. The molecule has 4 unspecified atom stereocenters. The van der Waals surface area contributed by atoms with Crippen LogP contribution in [0.3, 0.4) is 0 Å². The highest BCUT2D eigenvalue weighted by Crippen LogP contribution is 2.46. The molecule has 18 heavy (non-hydrogen) atoms. The standard InChI is InChI=1S/C16H28O2/c1-10-7-11(2)15(12(3)8-10)13(9-14(17)18)16(4,5)6/h7,11-13,15H,8-9H2,1-6H3,(H,17,18). The third-order valence-corrected chi connectivity index (χ3v) is 4.43. The molecule has 1 aliphatic rings. The monoisotopic (exact) mass is 252 g/mol. The predicted molar refractivity (Wildman–Crippen MR) is 75.4 cm³/mol. The van der Waals surface area contributed by atoms with Gasteiger partial charge in [0, 0.05) is 6.42 Å². The van der Waals surface area contributed by atoms with E-state index in [9.17, 15) is 9.90 Å². The van der Waals surface area contributed by atoms with Gasteiger partial charge in [-0.05, 0) is 42.4 Å². The van der Waals surface area contributed by atoms with Gasteiger partial charge in [0.1, 0.15) is 0 Å². The topological polar surface area (TPSA) is 37.3 Å². The van der Waals surface area contributed by atoms with Crippen LogP contribution in [-0.4, -0.2) is 11.1 Å². The molecule has 0 bridgehead atoms. The predicted octanol–water partition coefficient (Wildman–Crippen LogP) is 4.36. The average Bonchev–Trinajstić information content (AvgIpc) is 2.12. The Morgan fingerprint density at radius 3 is 2.39 bits per heavy atom. The van der Waals surface area contributed by atoms with Gasteiger partial charge in [-0.1, -0.05) is 46.3 Å². The van der Waals surface area contributed by atoms with Crippen molar-refractivity contribution in [3.8, 4) is 0 Å². The van der Waals surface area contributed by atoms with Crippen LogP contribution in [-0.2, 0) is 4.79 Å². The zero-order valence-electron chi connectivity index (χ0n) is 12.7. The van der Waals surface area contributed by atoms with Gasteiger partial charge in [0.25, 0.3) is 0 Å². The fourth-order valence-electron chi connectivity index (χ4n) is 3.76. The molecule has 1 aliphatic carbocycles. The number of carbonyl (C=O) groups is 1. The fraction of sp³-hybridized carbons (Fsp3) is 0.812. The lowest BCUT2D eigenvalue weighted by atomic mass is 9.61. The first-order chi connectivity index (χ1) is 8.12. The maximum absolute atomic E-state index is 11.2. The van der Waals surface area contributed by atoms with Gasteiger partial charge < -0.3 is 5.11 Å². The highest BCUT2D eigenvalue weighted by Gasteiger charge is 2.40. The molecular weight excluding hydrogens is 224 g/mol. The molecule has 1 rings (SSSR count). The lowest BCUT2D eigenvalue weighted by Gasteiger charge is -2.44. The van der Waals surface area contributed by atoms with E-state index in [0.717, 1.165) is 6.42 Å². The van der Waals surface area contributed by atoms with Crippen molar-refractivity contribution in [3.05, 3.63) is 11.6 Å². The van der Waals surface area contributed by atoms with Crippen LogP contribution < -0.4 is 0 Å². The zero-order chi connectivity index (χ0) is 14.1. The summed E-state index contributed by atoms with van der Waals surface area (Å²) in [5.41, 5.74) is 1.50. The van der Waals surface area contributed by atoms with Gasteiger partial charge >= 0.3 is 5.97 Å². The van der Waals surface area contributed by atoms with Crippen molar-refractivity contribution >= 4 is 5.97 Å². The van der Waals surface area contributed by atoms with Crippen LogP contribution in [0.25, 0.3) is 0 Å². The second-order valence-corrected chi connectivity index (χ2v) is 7.20. The van der Waals surface area contributed by atoms with Crippen LogP contribution in [0.4, 0.5) is 0 Å². The quantitative estimate of drug-likeness (QED) is 0.758. The lowest BCUT2D eigenvalue weighted by Crippen LogP contribution is -2.38. The molecule has 2 heteroatoms. The number of rotatable bonds is 3. The highest BCUT2D eigenvalue weighted by molar-refractivity contribution is 5.67. The Morgan fingerprint density at radius 2 is 2.00 bits per heavy atom. The molecule has 0 saturated heterocycles. The van der Waals surface area contributed by atoms with E-state index in [4.69, 9.17) is 0 Å². The Bertz CT molecular complexity index is 335. The fourth-order valence-corrected chi connectivity index (χ4v) is 3.76. The summed E-state index contributed by atoms with van der Waals surface area (Å²) in [5.74, 6) is 1.11. The van der Waals surface area contributed by atoms with E-state index < -0.39 is 5.97 Å². The molecule has 2 nitrogen and oxygen atoms in total. The van der Waals surface area contributed by atoms with Gasteiger partial charge in [0.2, 0.25) is 0 Å². The Balaban J connectivity index is 3.01. The third kappa shape index (κ3) is 3.60. The summed E-state index contributed by atoms with van der Waals surface area (Å²) >= 11 is 0. The van der Waals surface area contributed by atoms with Gasteiger partial charge in [-0.2, -0.15) is 0 Å². The molecule has 0 aromatic rings. The average molecular weight is 252 g/mol. The summed E-state index contributed by atoms with van der Waals surface area (Å²) in [5, 5.41) is 9.19. The van der Waals surface area contributed by atoms with E-state index in [0.29, 0.717) is 17.8 Å². The molecular formula is C16H28O2. The van der Waals surface area contributed by atoms with Crippen molar-refractivity contribution < 1.29 is 9.90 Å². The second-order valence-electron chi connectivity index (χ2n) is 7.20. The van der Waals surface area contributed by atoms with Gasteiger partial charge in [-0.3, -0.25) is 4.79 Å². The number of allylic oxidation sites excluding steroid dienone is 2. The molecule has 0 spiro atoms. The van der Waals surface area contributed by atoms with E-state index in [1.165, 1.54) is 5.57 Å². The summed E-state index contributed by atoms with van der Waals surface area (Å²) in [6, 6.07) is 0. The number of carboxylic acid groups (broad SMARTS) is 1. The van der Waals surface area contributed by atoms with E-state index in [1.54, 1.807) is 0 Å². The number of aliphatic carboxylic acids is 1. The van der Waals surface area contributed by atoms with Crippen LogP contribution in [0.5, 0.6) is 0 Å². The van der Waals surface area contributed by atoms with Gasteiger partial charge in [-0.25, -0.2) is 0 Å². The molecule has 104 valence electrons. The van der Waals surface area contributed by atoms with Crippen molar-refractivity contribution in [2.45, 2.75) is 54.4 Å². The maximum Gasteiger partial charge on any atom is 0.303 e. The van der Waals surface area contributed by atoms with E-state index in [2.05, 4.69) is 47.6 Å². The molecule has 0 aromatic heterocycles. The highest BCUT2D eigenvalue weighted by atomic mass is 16.4. The normalized spacial score (nSPS) is 30.8. The minimum absolute atomic E-state index is 0.0463. The van der Waals surface area contributed by atoms with Crippen LogP contribution in [0.1, 0.15) is 54.4 Å². The summed E-state index contributed by atoms with van der Waals surface area (Å²) < 4.78 is 0. The van der Waals surface area contributed by atoms with Crippen molar-refractivity contribution in [3.63, 3.8) is 0 Å². The number of carboxylic acids is 1. The molecule has 0 heterocycles. The third-order valence-electron chi connectivity index (χ3n) is 4.43. The summed E-state index contributed by atoms with van der Waals surface area (Å²) in [6.45, 7) is 13.2. The summed E-state index contributed by atoms with van der Waals surface area (Å²) in [4.78, 5) is 11.2. The van der Waals surface area contributed by atoms with Crippen LogP contribution in [0.2, 0.25) is 0 Å². The number of hydrogen-bond donors (Lipinski definition) is 1. The molecule has 0 saturated carbocycles. The van der Waals surface area contributed by atoms with Crippen LogP contribution >= 0.6 is 0 Å². The van der Waals surface area contributed by atoms with Crippen molar-refractivity contribution in [1.82, 2.24) is 0 Å². The van der Waals surface area contributed by atoms with Crippen molar-refractivity contribution in [2.75, 3.05) is 0 Å². The lowest BCUT2D eigenvalue weighted by molar-refractivity contribution is -0.140. The molecule has 0 aromatic carbocycles. The maximum atomic E-state index is 11.2. The van der Waals surface area contributed by atoms with Crippen molar-refractivity contribution in [1.29, 1.82) is 0 Å². The Kier molecular flexibility index (Phi) is 4.63. The molecule has 0 radical (unpaired) electrons. The Hall–Kier alpha value is -0.790. The minimum Gasteiger partial charge on any atom is -0.481 e. The van der Waals surface area contributed by atoms with Gasteiger partial charge in [0.15, 0.2) is 0 Å². The molecule has 4 atom stereocenters. The largest absolute Gasteiger partial charge is 0.481 e. The first kappa shape index (κ1) is 15.3. The Labute approximate surface area is 111 Å². The van der Waals surface area contributed by atoms with Crippen LogP contribution in [0, 0.1) is 29.1 Å².